The van der Waals surface area contributed by atoms with Crippen LogP contribution in [0.15, 0.2) is 53.1 Å². The van der Waals surface area contributed by atoms with Gasteiger partial charge in [-0.3, -0.25) is 4.79 Å². The zero-order valence-electron chi connectivity index (χ0n) is 13.4. The molecule has 0 spiro atoms. The van der Waals surface area contributed by atoms with Crippen molar-refractivity contribution in [2.75, 3.05) is 5.73 Å². The number of carbonyl (C=O) groups excluding carboxylic acids is 1. The van der Waals surface area contributed by atoms with Crippen LogP contribution >= 0.6 is 11.3 Å². The molecule has 0 aliphatic heterocycles. The van der Waals surface area contributed by atoms with E-state index < -0.39 is 5.91 Å². The highest BCUT2D eigenvalue weighted by atomic mass is 32.1. The fourth-order valence-corrected chi connectivity index (χ4v) is 3.77. The second-order valence-electron chi connectivity index (χ2n) is 5.79. The van der Waals surface area contributed by atoms with E-state index in [1.807, 2.05) is 49.4 Å². The molecule has 4 N–H and O–H groups in total. The molecule has 6 heteroatoms. The minimum absolute atomic E-state index is 0.316. The summed E-state index contributed by atoms with van der Waals surface area (Å²) in [5, 5.41) is 0.699. The maximum absolute atomic E-state index is 11.7. The third-order valence-corrected chi connectivity index (χ3v) is 5.17. The van der Waals surface area contributed by atoms with Gasteiger partial charge in [0.15, 0.2) is 0 Å². The van der Waals surface area contributed by atoms with E-state index in [2.05, 4.69) is 0 Å². The monoisotopic (exact) mass is 349 g/mol. The Labute approximate surface area is 147 Å². The Morgan fingerprint density at radius 1 is 1.20 bits per heavy atom. The summed E-state index contributed by atoms with van der Waals surface area (Å²) in [6.07, 6.45) is 1.60. The van der Waals surface area contributed by atoms with E-state index in [1.54, 1.807) is 6.26 Å². The number of rotatable bonds is 3. The summed E-state index contributed by atoms with van der Waals surface area (Å²) in [6, 6.07) is 13.7. The van der Waals surface area contributed by atoms with Crippen molar-refractivity contribution in [3.8, 4) is 22.6 Å². The molecular weight excluding hydrogens is 334 g/mol. The van der Waals surface area contributed by atoms with Crippen LogP contribution in [0.2, 0.25) is 0 Å². The van der Waals surface area contributed by atoms with Gasteiger partial charge in [0.1, 0.15) is 15.5 Å². The number of hydrogen-bond acceptors (Lipinski definition) is 5. The lowest BCUT2D eigenvalue weighted by molar-refractivity contribution is 0.100. The third-order valence-electron chi connectivity index (χ3n) is 4.06. The normalized spacial score (nSPS) is 11.1. The molecule has 0 atom stereocenters. The lowest BCUT2D eigenvalue weighted by Crippen LogP contribution is -2.10. The van der Waals surface area contributed by atoms with Crippen molar-refractivity contribution in [3.63, 3.8) is 0 Å². The first-order valence-corrected chi connectivity index (χ1v) is 8.50. The van der Waals surface area contributed by atoms with Gasteiger partial charge in [-0.1, -0.05) is 29.8 Å². The minimum atomic E-state index is -0.553. The Kier molecular flexibility index (Phi) is 3.54. The van der Waals surface area contributed by atoms with Crippen molar-refractivity contribution in [1.82, 2.24) is 4.98 Å². The minimum Gasteiger partial charge on any atom is -0.464 e. The number of primary amides is 1. The fourth-order valence-electron chi connectivity index (χ4n) is 2.80. The molecule has 0 bridgehead atoms. The zero-order chi connectivity index (χ0) is 17.6. The van der Waals surface area contributed by atoms with Crippen LogP contribution in [0, 0.1) is 6.92 Å². The number of nitrogens with zero attached hydrogens (tertiary/aromatic N) is 1. The fraction of sp³-hybridized carbons (Fsp3) is 0.0526. The van der Waals surface area contributed by atoms with Crippen LogP contribution in [-0.2, 0) is 0 Å². The van der Waals surface area contributed by atoms with Gasteiger partial charge in [-0.05, 0) is 25.1 Å². The first-order chi connectivity index (χ1) is 12.0. The number of nitrogen functional groups attached to an aromatic ring is 1. The molecule has 0 fully saturated rings. The summed E-state index contributed by atoms with van der Waals surface area (Å²) in [5.74, 6) is 0.115. The van der Waals surface area contributed by atoms with E-state index in [9.17, 15) is 4.79 Å². The topological polar surface area (TPSA) is 95.1 Å². The number of benzene rings is 1. The molecule has 0 aliphatic rings. The standard InChI is InChI=1S/C19H15N3O2S/c1-10-4-6-11(7-5-10)13-9-12(14-3-2-8-24-14)15-16(20)17(18(21)23)25-19(15)22-13/h2-9H,20H2,1H3,(H2,21,23). The van der Waals surface area contributed by atoms with E-state index >= 15 is 0 Å². The molecule has 0 radical (unpaired) electrons. The van der Waals surface area contributed by atoms with Gasteiger partial charge in [0.2, 0.25) is 0 Å². The number of nitrogens with two attached hydrogens (primary N) is 2. The van der Waals surface area contributed by atoms with Crippen molar-refractivity contribution in [2.45, 2.75) is 6.92 Å². The average molecular weight is 349 g/mol. The Morgan fingerprint density at radius 3 is 2.60 bits per heavy atom. The first-order valence-electron chi connectivity index (χ1n) is 7.68. The predicted molar refractivity (Wildman–Crippen MR) is 100 cm³/mol. The Bertz CT molecular complexity index is 1080. The van der Waals surface area contributed by atoms with Crippen LogP contribution in [0.1, 0.15) is 15.2 Å². The molecule has 0 saturated heterocycles. The Hall–Kier alpha value is -3.12. The Morgan fingerprint density at radius 2 is 1.96 bits per heavy atom. The summed E-state index contributed by atoms with van der Waals surface area (Å²) in [4.78, 5) is 17.4. The molecule has 1 amide bonds. The smallest absolute Gasteiger partial charge is 0.260 e. The average Bonchev–Trinajstić information content (AvgIpc) is 3.23. The highest BCUT2D eigenvalue weighted by molar-refractivity contribution is 7.21. The number of thiophene rings is 1. The largest absolute Gasteiger partial charge is 0.464 e. The molecule has 0 aliphatic carbocycles. The number of fused-ring (bicyclic) bond motifs is 1. The molecule has 4 rings (SSSR count). The number of aryl methyl sites for hydroxylation is 1. The molecule has 1 aromatic carbocycles. The zero-order valence-corrected chi connectivity index (χ0v) is 14.3. The van der Waals surface area contributed by atoms with E-state index in [0.717, 1.165) is 16.8 Å². The van der Waals surface area contributed by atoms with Crippen molar-refractivity contribution < 1.29 is 9.21 Å². The number of pyridine rings is 1. The number of furan rings is 1. The van der Waals surface area contributed by atoms with Crippen LogP contribution in [-0.4, -0.2) is 10.9 Å². The van der Waals surface area contributed by atoms with Crippen LogP contribution in [0.25, 0.3) is 32.8 Å². The predicted octanol–water partition coefficient (Wildman–Crippen LogP) is 4.21. The molecule has 0 unspecified atom stereocenters. The van der Waals surface area contributed by atoms with Crippen molar-refractivity contribution in [3.05, 3.63) is 59.2 Å². The number of carbonyl (C=O) groups is 1. The van der Waals surface area contributed by atoms with Crippen molar-refractivity contribution in [1.29, 1.82) is 0 Å². The number of hydrogen-bond donors (Lipinski definition) is 2. The summed E-state index contributed by atoms with van der Waals surface area (Å²) in [6.45, 7) is 2.04. The lowest BCUT2D eigenvalue weighted by atomic mass is 10.0. The molecule has 4 aromatic rings. The second kappa shape index (κ2) is 5.75. The number of amides is 1. The first kappa shape index (κ1) is 15.4. The van der Waals surface area contributed by atoms with Crippen LogP contribution < -0.4 is 11.5 Å². The molecule has 3 aromatic heterocycles. The van der Waals surface area contributed by atoms with Gasteiger partial charge in [-0.2, -0.15) is 0 Å². The van der Waals surface area contributed by atoms with E-state index in [0.29, 0.717) is 26.5 Å². The highest BCUT2D eigenvalue weighted by Crippen LogP contribution is 2.41. The van der Waals surface area contributed by atoms with Crippen LogP contribution in [0.4, 0.5) is 5.69 Å². The molecular formula is C19H15N3O2S. The van der Waals surface area contributed by atoms with E-state index in [-0.39, 0.29) is 0 Å². The van der Waals surface area contributed by atoms with Gasteiger partial charge in [0, 0.05) is 16.5 Å². The SMILES string of the molecule is Cc1ccc(-c2cc(-c3ccco3)c3c(N)c(C(N)=O)sc3n2)cc1. The van der Waals surface area contributed by atoms with Gasteiger partial charge < -0.3 is 15.9 Å². The van der Waals surface area contributed by atoms with Crippen LogP contribution in [0.5, 0.6) is 0 Å². The van der Waals surface area contributed by atoms with Crippen LogP contribution in [0.3, 0.4) is 0 Å². The summed E-state index contributed by atoms with van der Waals surface area (Å²) in [7, 11) is 0. The van der Waals surface area contributed by atoms with Gasteiger partial charge in [-0.15, -0.1) is 11.3 Å². The second-order valence-corrected chi connectivity index (χ2v) is 6.79. The molecule has 3 heterocycles. The molecule has 5 nitrogen and oxygen atoms in total. The summed E-state index contributed by atoms with van der Waals surface area (Å²) < 4.78 is 5.57. The Balaban J connectivity index is 2.04. The maximum Gasteiger partial charge on any atom is 0.260 e. The van der Waals surface area contributed by atoms with Crippen molar-refractivity contribution >= 4 is 33.1 Å². The quantitative estimate of drug-likeness (QED) is 0.579. The van der Waals surface area contributed by atoms with Gasteiger partial charge in [0.25, 0.3) is 5.91 Å². The molecule has 25 heavy (non-hydrogen) atoms. The van der Waals surface area contributed by atoms with Crippen molar-refractivity contribution in [2.24, 2.45) is 5.73 Å². The maximum atomic E-state index is 11.7. The van der Waals surface area contributed by atoms with E-state index in [1.165, 1.54) is 16.9 Å². The van der Waals surface area contributed by atoms with Gasteiger partial charge in [-0.25, -0.2) is 4.98 Å². The molecule has 124 valence electrons. The third kappa shape index (κ3) is 2.56. The lowest BCUT2D eigenvalue weighted by Gasteiger charge is -2.07. The molecule has 0 saturated carbocycles. The van der Waals surface area contributed by atoms with Gasteiger partial charge in [0.05, 0.1) is 17.6 Å². The van der Waals surface area contributed by atoms with Gasteiger partial charge >= 0.3 is 0 Å². The summed E-state index contributed by atoms with van der Waals surface area (Å²) >= 11 is 1.20. The number of aromatic nitrogens is 1. The summed E-state index contributed by atoms with van der Waals surface area (Å²) in [5.41, 5.74) is 15.7. The number of anilines is 1. The highest BCUT2D eigenvalue weighted by Gasteiger charge is 2.21. The van der Waals surface area contributed by atoms with E-state index in [4.69, 9.17) is 20.9 Å².